The molecule has 2 amide bonds. The lowest BCUT2D eigenvalue weighted by Gasteiger charge is -2.28. The number of nitrogens with zero attached hydrogens (tertiary/aromatic N) is 1. The Morgan fingerprint density at radius 1 is 0.974 bits per heavy atom. The zero-order valence-corrected chi connectivity index (χ0v) is 21.6. The Balaban J connectivity index is 1.55. The predicted octanol–water partition coefficient (Wildman–Crippen LogP) is 5.14. The number of carbonyl (C=O) groups is 3. The van der Waals surface area contributed by atoms with Crippen LogP contribution in [0.5, 0.6) is 5.75 Å². The Morgan fingerprint density at radius 2 is 1.68 bits per heavy atom. The van der Waals surface area contributed by atoms with Crippen LogP contribution in [0.15, 0.2) is 79.0 Å². The molecule has 0 saturated carbocycles. The Hall–Kier alpha value is -4.59. The first-order chi connectivity index (χ1) is 18.2. The topological polar surface area (TPSA) is 112 Å². The highest BCUT2D eigenvalue weighted by atomic mass is 16.5. The number of carboxylic acid groups (broad SMARTS) is 1. The molecule has 1 heterocycles. The normalized spacial score (nSPS) is 11.8. The van der Waals surface area contributed by atoms with E-state index in [0.717, 1.165) is 10.9 Å². The lowest BCUT2D eigenvalue weighted by molar-refractivity contribution is -0.139. The highest BCUT2D eigenvalue weighted by Crippen LogP contribution is 2.27. The first kappa shape index (κ1) is 26.5. The van der Waals surface area contributed by atoms with Gasteiger partial charge in [-0.25, -0.2) is 4.79 Å². The SMILES string of the molecule is CC(C)c1ccc(NC(=O)[C@H](c2ccccc2)N(C)C(=O)Cc2c[nH]c3ccc(OCC(=O)O)cc23)cc1. The van der Waals surface area contributed by atoms with Crippen molar-refractivity contribution in [3.8, 4) is 5.75 Å². The summed E-state index contributed by atoms with van der Waals surface area (Å²) >= 11 is 0. The zero-order valence-electron chi connectivity index (χ0n) is 21.6. The van der Waals surface area contributed by atoms with Gasteiger partial charge in [-0.1, -0.05) is 56.3 Å². The molecule has 38 heavy (non-hydrogen) atoms. The van der Waals surface area contributed by atoms with E-state index in [1.165, 1.54) is 10.5 Å². The van der Waals surface area contributed by atoms with Crippen LogP contribution in [0.4, 0.5) is 5.69 Å². The number of carbonyl (C=O) groups excluding carboxylic acids is 2. The van der Waals surface area contributed by atoms with E-state index >= 15 is 0 Å². The molecule has 3 N–H and O–H groups in total. The number of carboxylic acids is 1. The molecule has 0 saturated heterocycles. The second-order valence-corrected chi connectivity index (χ2v) is 9.46. The molecule has 8 nitrogen and oxygen atoms in total. The summed E-state index contributed by atoms with van der Waals surface area (Å²) in [6, 6.07) is 21.2. The van der Waals surface area contributed by atoms with Gasteiger partial charge in [0.1, 0.15) is 11.8 Å². The fourth-order valence-corrected chi connectivity index (χ4v) is 4.32. The second-order valence-electron chi connectivity index (χ2n) is 9.46. The number of fused-ring (bicyclic) bond motifs is 1. The molecule has 3 aromatic carbocycles. The summed E-state index contributed by atoms with van der Waals surface area (Å²) in [4.78, 5) is 42.4. The summed E-state index contributed by atoms with van der Waals surface area (Å²) < 4.78 is 5.30. The second kappa shape index (κ2) is 11.6. The third kappa shape index (κ3) is 6.21. The maximum absolute atomic E-state index is 13.5. The summed E-state index contributed by atoms with van der Waals surface area (Å²) in [6.45, 7) is 3.76. The van der Waals surface area contributed by atoms with Gasteiger partial charge >= 0.3 is 5.97 Å². The average molecular weight is 514 g/mol. The Labute approximate surface area is 221 Å². The highest BCUT2D eigenvalue weighted by molar-refractivity contribution is 5.98. The van der Waals surface area contributed by atoms with Crippen LogP contribution in [0.3, 0.4) is 0 Å². The highest BCUT2D eigenvalue weighted by Gasteiger charge is 2.29. The first-order valence-corrected chi connectivity index (χ1v) is 12.4. The van der Waals surface area contributed by atoms with Gasteiger partial charge in [-0.05, 0) is 52.9 Å². The number of aromatic amines is 1. The number of rotatable bonds is 10. The van der Waals surface area contributed by atoms with Gasteiger partial charge < -0.3 is 25.0 Å². The molecule has 4 rings (SSSR count). The zero-order chi connectivity index (χ0) is 27.2. The number of aromatic nitrogens is 1. The number of hydrogen-bond acceptors (Lipinski definition) is 4. The summed E-state index contributed by atoms with van der Waals surface area (Å²) in [5, 5.41) is 12.6. The van der Waals surface area contributed by atoms with Gasteiger partial charge in [0.2, 0.25) is 5.91 Å². The number of amides is 2. The third-order valence-electron chi connectivity index (χ3n) is 6.43. The van der Waals surface area contributed by atoms with Crippen molar-refractivity contribution in [2.24, 2.45) is 0 Å². The predicted molar refractivity (Wildman–Crippen MR) is 146 cm³/mol. The number of H-pyrrole nitrogens is 1. The van der Waals surface area contributed by atoms with Crippen molar-refractivity contribution in [1.82, 2.24) is 9.88 Å². The molecule has 8 heteroatoms. The minimum Gasteiger partial charge on any atom is -0.482 e. The maximum Gasteiger partial charge on any atom is 0.341 e. The molecule has 1 atom stereocenters. The molecular weight excluding hydrogens is 482 g/mol. The fraction of sp³-hybridized carbons (Fsp3) is 0.233. The summed E-state index contributed by atoms with van der Waals surface area (Å²) in [7, 11) is 1.62. The van der Waals surface area contributed by atoms with Crippen molar-refractivity contribution in [2.45, 2.75) is 32.2 Å². The van der Waals surface area contributed by atoms with E-state index in [2.05, 4.69) is 24.1 Å². The van der Waals surface area contributed by atoms with Crippen molar-refractivity contribution in [3.63, 3.8) is 0 Å². The van der Waals surface area contributed by atoms with Crippen LogP contribution in [0, 0.1) is 0 Å². The van der Waals surface area contributed by atoms with Gasteiger partial charge in [0.05, 0.1) is 6.42 Å². The van der Waals surface area contributed by atoms with Crippen molar-refractivity contribution >= 4 is 34.4 Å². The van der Waals surface area contributed by atoms with Gasteiger partial charge in [-0.15, -0.1) is 0 Å². The largest absolute Gasteiger partial charge is 0.482 e. The van der Waals surface area contributed by atoms with Crippen molar-refractivity contribution < 1.29 is 24.2 Å². The van der Waals surface area contributed by atoms with Crippen molar-refractivity contribution in [2.75, 3.05) is 19.0 Å². The maximum atomic E-state index is 13.5. The van der Waals surface area contributed by atoms with Gasteiger partial charge in [-0.2, -0.15) is 0 Å². The number of aliphatic carboxylic acids is 1. The number of nitrogens with one attached hydrogen (secondary N) is 2. The minimum absolute atomic E-state index is 0.0403. The van der Waals surface area contributed by atoms with E-state index < -0.39 is 18.6 Å². The Bertz CT molecular complexity index is 1430. The molecule has 0 spiro atoms. The molecule has 0 fully saturated rings. The van der Waals surface area contributed by atoms with E-state index in [1.54, 1.807) is 31.4 Å². The fourth-order valence-electron chi connectivity index (χ4n) is 4.32. The molecule has 0 radical (unpaired) electrons. The van der Waals surface area contributed by atoms with Crippen LogP contribution in [-0.4, -0.2) is 46.4 Å². The van der Waals surface area contributed by atoms with Gasteiger partial charge in [-0.3, -0.25) is 9.59 Å². The number of likely N-dealkylation sites (N-methyl/N-ethyl adjacent to an activating group) is 1. The first-order valence-electron chi connectivity index (χ1n) is 12.4. The summed E-state index contributed by atoms with van der Waals surface area (Å²) in [5.41, 5.74) is 4.04. The van der Waals surface area contributed by atoms with E-state index in [4.69, 9.17) is 9.84 Å². The molecule has 196 valence electrons. The van der Waals surface area contributed by atoms with Gasteiger partial charge in [0.25, 0.3) is 5.91 Å². The number of benzene rings is 3. The molecule has 0 bridgehead atoms. The van der Waals surface area contributed by atoms with Crippen LogP contribution in [0.2, 0.25) is 0 Å². The Kier molecular flexibility index (Phi) is 8.11. The smallest absolute Gasteiger partial charge is 0.341 e. The van der Waals surface area contributed by atoms with Crippen molar-refractivity contribution in [1.29, 1.82) is 0 Å². The van der Waals surface area contributed by atoms with Crippen LogP contribution in [-0.2, 0) is 20.8 Å². The molecule has 0 aliphatic heterocycles. The van der Waals surface area contributed by atoms with Crippen LogP contribution >= 0.6 is 0 Å². The quantitative estimate of drug-likeness (QED) is 0.272. The lowest BCUT2D eigenvalue weighted by atomic mass is 10.0. The lowest BCUT2D eigenvalue weighted by Crippen LogP contribution is -2.39. The molecular formula is C30H31N3O5. The molecule has 0 aliphatic rings. The van der Waals surface area contributed by atoms with E-state index in [1.807, 2.05) is 54.6 Å². The molecule has 0 aliphatic carbocycles. The third-order valence-corrected chi connectivity index (χ3v) is 6.43. The minimum atomic E-state index is -1.07. The van der Waals surface area contributed by atoms with Crippen molar-refractivity contribution in [3.05, 3.63) is 95.7 Å². The number of hydrogen-bond donors (Lipinski definition) is 3. The van der Waals surface area contributed by atoms with Crippen LogP contribution in [0.25, 0.3) is 10.9 Å². The number of ether oxygens (including phenoxy) is 1. The van der Waals surface area contributed by atoms with Gasteiger partial charge in [0.15, 0.2) is 6.61 Å². The van der Waals surface area contributed by atoms with E-state index in [9.17, 15) is 14.4 Å². The monoisotopic (exact) mass is 513 g/mol. The Morgan fingerprint density at radius 3 is 2.34 bits per heavy atom. The summed E-state index contributed by atoms with van der Waals surface area (Å²) in [5.74, 6) is -0.858. The number of anilines is 1. The van der Waals surface area contributed by atoms with Crippen LogP contribution < -0.4 is 10.1 Å². The molecule has 1 aromatic heterocycles. The summed E-state index contributed by atoms with van der Waals surface area (Å²) in [6.07, 6.45) is 1.78. The van der Waals surface area contributed by atoms with Crippen LogP contribution in [0.1, 0.15) is 42.5 Å². The molecule has 0 unspecified atom stereocenters. The molecule has 4 aromatic rings. The van der Waals surface area contributed by atoms with E-state index in [0.29, 0.717) is 28.5 Å². The van der Waals surface area contributed by atoms with E-state index in [-0.39, 0.29) is 18.2 Å². The standard InChI is InChI=1S/C30H31N3O5/c1-19(2)20-9-11-23(12-10-20)32-30(37)29(21-7-5-4-6-8-21)33(3)27(34)15-22-17-31-26-14-13-24(16-25(22)26)38-18-28(35)36/h4-14,16-17,19,29,31H,15,18H2,1-3H3,(H,32,37)(H,35,36)/t29-/m0/s1. The van der Waals surface area contributed by atoms with Gasteiger partial charge in [0, 0.05) is 29.8 Å². The average Bonchev–Trinajstić information content (AvgIpc) is 3.30.